The largest absolute Gasteiger partial charge is 0.308 e. The van der Waals surface area contributed by atoms with Crippen LogP contribution in [0, 0.1) is 0 Å². The zero-order valence-electron chi connectivity index (χ0n) is 8.38. The summed E-state index contributed by atoms with van der Waals surface area (Å²) < 4.78 is 0. The second kappa shape index (κ2) is 3.53. The molecule has 0 aliphatic carbocycles. The topological polar surface area (TPSA) is 36.1 Å². The van der Waals surface area contributed by atoms with Crippen molar-refractivity contribution >= 4 is 16.5 Å². The van der Waals surface area contributed by atoms with Gasteiger partial charge in [0, 0.05) is 6.54 Å². The third-order valence-corrected chi connectivity index (χ3v) is 2.83. The average molecular weight is 199 g/mol. The molecule has 2 aromatic carbocycles. The number of hydrogen-bond donors (Lipinski definition) is 3. The normalized spacial score (nSPS) is 15.5. The Morgan fingerprint density at radius 2 is 1.93 bits per heavy atom. The molecule has 0 bridgehead atoms. The van der Waals surface area contributed by atoms with Crippen molar-refractivity contribution < 1.29 is 0 Å². The van der Waals surface area contributed by atoms with E-state index in [2.05, 4.69) is 52.8 Å². The second-order valence-electron chi connectivity index (χ2n) is 3.74. The lowest BCUT2D eigenvalue weighted by atomic mass is 10.0. The van der Waals surface area contributed by atoms with E-state index in [9.17, 15) is 0 Å². The van der Waals surface area contributed by atoms with E-state index in [1.807, 2.05) is 0 Å². The Morgan fingerprint density at radius 1 is 1.00 bits per heavy atom. The van der Waals surface area contributed by atoms with E-state index >= 15 is 0 Å². The number of anilines is 1. The van der Waals surface area contributed by atoms with E-state index < -0.39 is 0 Å². The van der Waals surface area contributed by atoms with Crippen LogP contribution in [0.25, 0.3) is 10.8 Å². The van der Waals surface area contributed by atoms with Crippen molar-refractivity contribution in [3.05, 3.63) is 42.0 Å². The van der Waals surface area contributed by atoms with Crippen molar-refractivity contribution in [2.75, 3.05) is 12.0 Å². The molecule has 0 saturated heterocycles. The first-order valence-corrected chi connectivity index (χ1v) is 5.20. The third-order valence-electron chi connectivity index (χ3n) is 2.83. The zero-order chi connectivity index (χ0) is 10.1. The Bertz CT molecular complexity index is 493. The number of rotatable bonds is 0. The molecule has 0 amide bonds. The molecule has 1 aliphatic heterocycles. The molecule has 0 radical (unpaired) electrons. The Balaban J connectivity index is 2.27. The molecule has 76 valence electrons. The first kappa shape index (κ1) is 8.71. The molecule has 3 heteroatoms. The molecule has 0 saturated carbocycles. The van der Waals surface area contributed by atoms with Gasteiger partial charge in [0.25, 0.3) is 0 Å². The van der Waals surface area contributed by atoms with Crippen molar-refractivity contribution in [2.24, 2.45) is 0 Å². The van der Waals surface area contributed by atoms with Crippen LogP contribution in [0.5, 0.6) is 0 Å². The molecule has 3 N–H and O–H groups in total. The van der Waals surface area contributed by atoms with Crippen LogP contribution in [0.3, 0.4) is 0 Å². The van der Waals surface area contributed by atoms with Gasteiger partial charge < -0.3 is 5.43 Å². The van der Waals surface area contributed by atoms with Crippen LogP contribution in [0.4, 0.5) is 5.69 Å². The van der Waals surface area contributed by atoms with E-state index in [0.29, 0.717) is 0 Å². The molecule has 3 rings (SSSR count). The fraction of sp³-hybridized carbons (Fsp3) is 0.167. The Kier molecular flexibility index (Phi) is 2.05. The van der Waals surface area contributed by atoms with Crippen molar-refractivity contribution in [3.63, 3.8) is 0 Å². The highest BCUT2D eigenvalue weighted by molar-refractivity contribution is 5.90. The van der Waals surface area contributed by atoms with Gasteiger partial charge in [-0.2, -0.15) is 5.53 Å². The van der Waals surface area contributed by atoms with Gasteiger partial charge in [0.1, 0.15) is 0 Å². The Morgan fingerprint density at radius 3 is 2.93 bits per heavy atom. The van der Waals surface area contributed by atoms with Gasteiger partial charge in [-0.25, -0.2) is 5.43 Å². The maximum Gasteiger partial charge on any atom is 0.0540 e. The van der Waals surface area contributed by atoms with Crippen LogP contribution in [0.2, 0.25) is 0 Å². The molecule has 1 aliphatic rings. The van der Waals surface area contributed by atoms with Gasteiger partial charge >= 0.3 is 0 Å². The lowest BCUT2D eigenvalue weighted by Gasteiger charge is -2.10. The van der Waals surface area contributed by atoms with Gasteiger partial charge in [-0.3, -0.25) is 0 Å². The molecule has 15 heavy (non-hydrogen) atoms. The van der Waals surface area contributed by atoms with Gasteiger partial charge in [-0.1, -0.05) is 30.3 Å². The fourth-order valence-electron chi connectivity index (χ4n) is 2.08. The van der Waals surface area contributed by atoms with Gasteiger partial charge in [-0.15, -0.1) is 0 Å². The number of hydrogen-bond acceptors (Lipinski definition) is 3. The van der Waals surface area contributed by atoms with Crippen LogP contribution in [-0.4, -0.2) is 6.54 Å². The smallest absolute Gasteiger partial charge is 0.0540 e. The molecule has 0 fully saturated rings. The molecule has 0 spiro atoms. The summed E-state index contributed by atoms with van der Waals surface area (Å²) in [6, 6.07) is 12.8. The lowest BCUT2D eigenvalue weighted by Crippen LogP contribution is -2.35. The maximum atomic E-state index is 3.16. The van der Waals surface area contributed by atoms with Gasteiger partial charge in [0.2, 0.25) is 0 Å². The molecular weight excluding hydrogens is 186 g/mol. The summed E-state index contributed by atoms with van der Waals surface area (Å²) in [5.41, 5.74) is 11.8. The minimum atomic E-state index is 0.938. The van der Waals surface area contributed by atoms with E-state index in [1.54, 1.807) is 0 Å². The SMILES string of the molecule is c1ccc2c3c(ccc2c1)NNNCC3. The fourth-order valence-corrected chi connectivity index (χ4v) is 2.08. The van der Waals surface area contributed by atoms with Gasteiger partial charge in [-0.05, 0) is 28.8 Å². The van der Waals surface area contributed by atoms with Crippen LogP contribution in [-0.2, 0) is 6.42 Å². The molecule has 1 heterocycles. The predicted molar refractivity (Wildman–Crippen MR) is 62.4 cm³/mol. The lowest BCUT2D eigenvalue weighted by molar-refractivity contribution is 0.607. The quantitative estimate of drug-likeness (QED) is 0.605. The molecule has 2 aromatic rings. The van der Waals surface area contributed by atoms with Crippen molar-refractivity contribution in [1.29, 1.82) is 0 Å². The number of nitrogens with one attached hydrogen (secondary N) is 3. The summed E-state index contributed by atoms with van der Waals surface area (Å²) in [5.74, 6) is 0. The first-order valence-electron chi connectivity index (χ1n) is 5.20. The number of hydrazine groups is 2. The highest BCUT2D eigenvalue weighted by Gasteiger charge is 2.09. The monoisotopic (exact) mass is 199 g/mol. The van der Waals surface area contributed by atoms with Crippen molar-refractivity contribution in [2.45, 2.75) is 6.42 Å². The molecule has 3 nitrogen and oxygen atoms in total. The van der Waals surface area contributed by atoms with Crippen LogP contribution in [0.1, 0.15) is 5.56 Å². The summed E-state index contributed by atoms with van der Waals surface area (Å²) in [6.07, 6.45) is 1.04. The second-order valence-corrected chi connectivity index (χ2v) is 3.74. The van der Waals surface area contributed by atoms with Crippen LogP contribution >= 0.6 is 0 Å². The summed E-state index contributed by atoms with van der Waals surface area (Å²) in [4.78, 5) is 0. The van der Waals surface area contributed by atoms with Crippen molar-refractivity contribution in [1.82, 2.24) is 11.0 Å². The van der Waals surface area contributed by atoms with E-state index in [4.69, 9.17) is 0 Å². The standard InChI is InChI=1S/C12H13N3/c1-2-4-10-9(3-1)5-6-12-11(10)7-8-13-15-14-12/h1-6,13-15H,7-8H2. The molecule has 0 aromatic heterocycles. The van der Waals surface area contributed by atoms with E-state index in [-0.39, 0.29) is 0 Å². The van der Waals surface area contributed by atoms with E-state index in [1.165, 1.54) is 22.0 Å². The number of fused-ring (bicyclic) bond motifs is 3. The summed E-state index contributed by atoms with van der Waals surface area (Å²) in [5, 5.41) is 2.65. The first-order chi connectivity index (χ1) is 7.45. The molecule has 0 atom stereocenters. The summed E-state index contributed by atoms with van der Waals surface area (Å²) in [6.45, 7) is 0.938. The van der Waals surface area contributed by atoms with E-state index in [0.717, 1.165) is 13.0 Å². The predicted octanol–water partition coefficient (Wildman–Crippen LogP) is 1.82. The van der Waals surface area contributed by atoms with Crippen LogP contribution in [0.15, 0.2) is 36.4 Å². The Labute approximate surface area is 88.4 Å². The third kappa shape index (κ3) is 1.46. The average Bonchev–Trinajstić information content (AvgIpc) is 2.54. The highest BCUT2D eigenvalue weighted by Crippen LogP contribution is 2.26. The number of benzene rings is 2. The molecule has 0 unspecified atom stereocenters. The van der Waals surface area contributed by atoms with Gasteiger partial charge in [0.05, 0.1) is 5.69 Å². The minimum Gasteiger partial charge on any atom is -0.308 e. The van der Waals surface area contributed by atoms with Gasteiger partial charge in [0.15, 0.2) is 0 Å². The minimum absolute atomic E-state index is 0.938. The van der Waals surface area contributed by atoms with Crippen molar-refractivity contribution in [3.8, 4) is 0 Å². The van der Waals surface area contributed by atoms with Crippen LogP contribution < -0.4 is 16.4 Å². The zero-order valence-corrected chi connectivity index (χ0v) is 8.38. The highest BCUT2D eigenvalue weighted by atomic mass is 15.6. The summed E-state index contributed by atoms with van der Waals surface area (Å²) in [7, 11) is 0. The maximum absolute atomic E-state index is 3.16. The Hall–Kier alpha value is -1.58. The molecular formula is C12H13N3. The summed E-state index contributed by atoms with van der Waals surface area (Å²) >= 11 is 0.